The normalized spacial score (nSPS) is 11.4. The van der Waals surface area contributed by atoms with Crippen LogP contribution in [0.15, 0.2) is 86.6 Å². The second kappa shape index (κ2) is 11.8. The SMILES string of the molecule is CCN(CC)c1ccc(/C=C(\NC(=O)c2ccccc2)C(=O)NN=Cc2ccc(Br)o2)cc1. The zero-order valence-corrected chi connectivity index (χ0v) is 20.0. The van der Waals surface area contributed by atoms with Crippen LogP contribution in [0.4, 0.5) is 5.69 Å². The number of nitrogens with one attached hydrogen (secondary N) is 2. The molecule has 3 rings (SSSR count). The third kappa shape index (κ3) is 6.92. The van der Waals surface area contributed by atoms with E-state index in [1.54, 1.807) is 42.5 Å². The van der Waals surface area contributed by atoms with Crippen LogP contribution in [0.5, 0.6) is 0 Å². The highest BCUT2D eigenvalue weighted by atomic mass is 79.9. The van der Waals surface area contributed by atoms with Crippen molar-refractivity contribution in [3.8, 4) is 0 Å². The number of hydrazone groups is 1. The van der Waals surface area contributed by atoms with Crippen LogP contribution in [0.2, 0.25) is 0 Å². The average Bonchev–Trinajstić information content (AvgIpc) is 3.25. The Morgan fingerprint density at radius 1 is 1.00 bits per heavy atom. The maximum atomic E-state index is 12.8. The van der Waals surface area contributed by atoms with Crippen LogP contribution < -0.4 is 15.6 Å². The van der Waals surface area contributed by atoms with Crippen molar-refractivity contribution >= 4 is 45.7 Å². The van der Waals surface area contributed by atoms with Gasteiger partial charge in [0.15, 0.2) is 4.67 Å². The lowest BCUT2D eigenvalue weighted by molar-refractivity contribution is -0.117. The zero-order valence-electron chi connectivity index (χ0n) is 18.4. The summed E-state index contributed by atoms with van der Waals surface area (Å²) in [5, 5.41) is 6.61. The van der Waals surface area contributed by atoms with E-state index in [2.05, 4.69) is 50.5 Å². The first-order valence-corrected chi connectivity index (χ1v) is 11.3. The smallest absolute Gasteiger partial charge is 0.287 e. The highest BCUT2D eigenvalue weighted by Gasteiger charge is 2.14. The maximum absolute atomic E-state index is 12.8. The van der Waals surface area contributed by atoms with Crippen LogP contribution in [0.1, 0.15) is 35.5 Å². The monoisotopic (exact) mass is 508 g/mol. The second-order valence-corrected chi connectivity index (χ2v) is 7.76. The lowest BCUT2D eigenvalue weighted by Crippen LogP contribution is -2.32. The van der Waals surface area contributed by atoms with Crippen LogP contribution in [-0.4, -0.2) is 31.1 Å². The molecule has 0 aliphatic heterocycles. The van der Waals surface area contributed by atoms with E-state index in [9.17, 15) is 9.59 Å². The van der Waals surface area contributed by atoms with Gasteiger partial charge in [-0.2, -0.15) is 5.10 Å². The fourth-order valence-corrected chi connectivity index (χ4v) is 3.41. The molecular weight excluding hydrogens is 484 g/mol. The van der Waals surface area contributed by atoms with Crippen molar-refractivity contribution in [2.75, 3.05) is 18.0 Å². The van der Waals surface area contributed by atoms with Crippen LogP contribution in [0, 0.1) is 0 Å². The molecule has 170 valence electrons. The summed E-state index contributed by atoms with van der Waals surface area (Å²) in [5.74, 6) is -0.488. The molecule has 0 spiro atoms. The molecule has 0 unspecified atom stereocenters. The van der Waals surface area contributed by atoms with Gasteiger partial charge in [0.1, 0.15) is 11.5 Å². The lowest BCUT2D eigenvalue weighted by atomic mass is 10.1. The van der Waals surface area contributed by atoms with Crippen molar-refractivity contribution in [1.82, 2.24) is 10.7 Å². The standard InChI is InChI=1S/C25H25BrN4O3/c1-3-30(4-2)20-12-10-18(11-13-20)16-22(28-24(31)19-8-6-5-7-9-19)25(32)29-27-17-21-14-15-23(26)33-21/h5-17H,3-4H2,1-2H3,(H,28,31)(H,29,32)/b22-16-,27-17?. The number of furan rings is 1. The van der Waals surface area contributed by atoms with Crippen molar-refractivity contribution in [3.63, 3.8) is 0 Å². The molecule has 33 heavy (non-hydrogen) atoms. The predicted octanol–water partition coefficient (Wildman–Crippen LogP) is 4.81. The third-order valence-electron chi connectivity index (χ3n) is 4.81. The Balaban J connectivity index is 1.81. The molecule has 8 heteroatoms. The number of benzene rings is 2. The van der Waals surface area contributed by atoms with Gasteiger partial charge in [-0.15, -0.1) is 0 Å². The van der Waals surface area contributed by atoms with Crippen molar-refractivity contribution in [1.29, 1.82) is 0 Å². The Labute approximate surface area is 201 Å². The Hall–Kier alpha value is -3.65. The van der Waals surface area contributed by atoms with Gasteiger partial charge in [-0.1, -0.05) is 30.3 Å². The first kappa shape index (κ1) is 24.0. The topological polar surface area (TPSA) is 86.9 Å². The van der Waals surface area contributed by atoms with Gasteiger partial charge in [0.2, 0.25) is 0 Å². The quantitative estimate of drug-likeness (QED) is 0.246. The molecule has 2 amide bonds. The number of amides is 2. The van der Waals surface area contributed by atoms with Crippen molar-refractivity contribution in [3.05, 3.63) is 94.0 Å². The molecular formula is C25H25BrN4O3. The number of hydrogen-bond donors (Lipinski definition) is 2. The van der Waals surface area contributed by atoms with E-state index < -0.39 is 11.8 Å². The average molecular weight is 509 g/mol. The predicted molar refractivity (Wildman–Crippen MR) is 134 cm³/mol. The molecule has 0 saturated heterocycles. The van der Waals surface area contributed by atoms with E-state index in [1.165, 1.54) is 6.21 Å². The Kier molecular flexibility index (Phi) is 8.60. The number of halogens is 1. The summed E-state index contributed by atoms with van der Waals surface area (Å²) in [6.45, 7) is 6.00. The van der Waals surface area contributed by atoms with Crippen molar-refractivity contribution in [2.45, 2.75) is 13.8 Å². The first-order chi connectivity index (χ1) is 16.0. The summed E-state index contributed by atoms with van der Waals surface area (Å²) in [6.07, 6.45) is 2.99. The number of anilines is 1. The van der Waals surface area contributed by atoms with Gasteiger partial charge in [-0.3, -0.25) is 9.59 Å². The number of carbonyl (C=O) groups excluding carboxylic acids is 2. The molecule has 0 saturated carbocycles. The minimum absolute atomic E-state index is 0.0669. The molecule has 3 aromatic rings. The Bertz CT molecular complexity index is 1130. The molecule has 0 aliphatic rings. The van der Waals surface area contributed by atoms with E-state index in [0.717, 1.165) is 24.3 Å². The number of hydrogen-bond acceptors (Lipinski definition) is 5. The van der Waals surface area contributed by atoms with E-state index in [4.69, 9.17) is 4.42 Å². The lowest BCUT2D eigenvalue weighted by Gasteiger charge is -2.20. The summed E-state index contributed by atoms with van der Waals surface area (Å²) in [5.41, 5.74) is 4.79. The molecule has 7 nitrogen and oxygen atoms in total. The summed E-state index contributed by atoms with van der Waals surface area (Å²) in [4.78, 5) is 27.7. The second-order valence-electron chi connectivity index (χ2n) is 6.98. The fraction of sp³-hybridized carbons (Fsp3) is 0.160. The molecule has 0 aliphatic carbocycles. The Morgan fingerprint density at radius 2 is 1.70 bits per heavy atom. The molecule has 0 atom stereocenters. The summed E-state index contributed by atoms with van der Waals surface area (Å²) >= 11 is 3.21. The fourth-order valence-electron chi connectivity index (χ4n) is 3.09. The molecule has 0 fully saturated rings. The van der Waals surface area contributed by atoms with Gasteiger partial charge in [-0.05, 0) is 77.8 Å². The molecule has 2 aromatic carbocycles. The molecule has 2 N–H and O–H groups in total. The van der Waals surface area contributed by atoms with Crippen molar-refractivity contribution < 1.29 is 14.0 Å². The van der Waals surface area contributed by atoms with Gasteiger partial charge in [0.05, 0.1) is 6.21 Å². The highest BCUT2D eigenvalue weighted by molar-refractivity contribution is 9.10. The van der Waals surface area contributed by atoms with E-state index in [-0.39, 0.29) is 5.70 Å². The molecule has 0 bridgehead atoms. The molecule has 0 radical (unpaired) electrons. The van der Waals surface area contributed by atoms with Crippen LogP contribution in [0.3, 0.4) is 0 Å². The van der Waals surface area contributed by atoms with Gasteiger partial charge in [0.25, 0.3) is 11.8 Å². The van der Waals surface area contributed by atoms with E-state index in [0.29, 0.717) is 16.0 Å². The van der Waals surface area contributed by atoms with Crippen molar-refractivity contribution in [2.24, 2.45) is 5.10 Å². The maximum Gasteiger partial charge on any atom is 0.287 e. The largest absolute Gasteiger partial charge is 0.448 e. The zero-order chi connectivity index (χ0) is 23.6. The van der Waals surface area contributed by atoms with E-state index >= 15 is 0 Å². The minimum Gasteiger partial charge on any atom is -0.448 e. The highest BCUT2D eigenvalue weighted by Crippen LogP contribution is 2.17. The summed E-state index contributed by atoms with van der Waals surface area (Å²) < 4.78 is 5.88. The summed E-state index contributed by atoms with van der Waals surface area (Å²) in [7, 11) is 0. The Morgan fingerprint density at radius 3 is 2.30 bits per heavy atom. The minimum atomic E-state index is -0.561. The number of rotatable bonds is 9. The molecule has 1 aromatic heterocycles. The summed E-state index contributed by atoms with van der Waals surface area (Å²) in [6, 6.07) is 19.9. The number of nitrogens with zero attached hydrogens (tertiary/aromatic N) is 2. The number of carbonyl (C=O) groups is 2. The van der Waals surface area contributed by atoms with Gasteiger partial charge in [-0.25, -0.2) is 5.43 Å². The van der Waals surface area contributed by atoms with Crippen LogP contribution >= 0.6 is 15.9 Å². The molecule has 1 heterocycles. The third-order valence-corrected chi connectivity index (χ3v) is 5.24. The van der Waals surface area contributed by atoms with Gasteiger partial charge < -0.3 is 14.6 Å². The van der Waals surface area contributed by atoms with E-state index in [1.807, 2.05) is 30.3 Å². The van der Waals surface area contributed by atoms with Crippen LogP contribution in [-0.2, 0) is 4.79 Å². The van der Waals surface area contributed by atoms with Crippen LogP contribution in [0.25, 0.3) is 6.08 Å². The van der Waals surface area contributed by atoms with Gasteiger partial charge >= 0.3 is 0 Å². The van der Waals surface area contributed by atoms with Gasteiger partial charge in [0, 0.05) is 24.3 Å². The first-order valence-electron chi connectivity index (χ1n) is 10.5.